The van der Waals surface area contributed by atoms with Gasteiger partial charge < -0.3 is 5.73 Å². The van der Waals surface area contributed by atoms with Crippen LogP contribution < -0.4 is 5.73 Å². The lowest BCUT2D eigenvalue weighted by Gasteiger charge is -2.16. The fourth-order valence-corrected chi connectivity index (χ4v) is 2.89. The van der Waals surface area contributed by atoms with Gasteiger partial charge in [-0.2, -0.15) is 0 Å². The van der Waals surface area contributed by atoms with Crippen molar-refractivity contribution in [2.24, 2.45) is 5.73 Å². The third kappa shape index (κ3) is 2.71. The molecule has 2 aromatic carbocycles. The molecular weight excluding hydrogens is 230 g/mol. The van der Waals surface area contributed by atoms with Crippen LogP contribution in [-0.2, 0) is 25.7 Å². The predicted molar refractivity (Wildman–Crippen MR) is 80.3 cm³/mol. The van der Waals surface area contributed by atoms with E-state index < -0.39 is 0 Å². The molecular formula is C18H21N. The van der Waals surface area contributed by atoms with Crippen molar-refractivity contribution in [3.63, 3.8) is 0 Å². The Morgan fingerprint density at radius 2 is 1.32 bits per heavy atom. The molecule has 4 aliphatic carbocycles. The summed E-state index contributed by atoms with van der Waals surface area (Å²) >= 11 is 0. The van der Waals surface area contributed by atoms with E-state index >= 15 is 0 Å². The van der Waals surface area contributed by atoms with Gasteiger partial charge in [-0.1, -0.05) is 42.5 Å². The van der Waals surface area contributed by atoms with E-state index in [0.717, 1.165) is 25.7 Å². The van der Waals surface area contributed by atoms with Crippen molar-refractivity contribution >= 4 is 0 Å². The van der Waals surface area contributed by atoms with Gasteiger partial charge in [-0.15, -0.1) is 0 Å². The molecule has 6 rings (SSSR count). The van der Waals surface area contributed by atoms with E-state index in [9.17, 15) is 0 Å². The SMILES string of the molecule is C[C@@H](N)c1cc2ccc1CCc1ccc(cc1)CC2. The molecule has 1 nitrogen and oxygen atoms in total. The van der Waals surface area contributed by atoms with Crippen LogP contribution in [0.2, 0.25) is 0 Å². The Bertz CT molecular complexity index is 567. The van der Waals surface area contributed by atoms with Crippen molar-refractivity contribution < 1.29 is 0 Å². The van der Waals surface area contributed by atoms with Gasteiger partial charge in [0.05, 0.1) is 0 Å². The highest BCUT2D eigenvalue weighted by atomic mass is 14.6. The minimum absolute atomic E-state index is 0.124. The summed E-state index contributed by atoms with van der Waals surface area (Å²) in [6.07, 6.45) is 4.38. The Balaban J connectivity index is 2.01. The largest absolute Gasteiger partial charge is 0.324 e. The fourth-order valence-electron chi connectivity index (χ4n) is 2.89. The maximum Gasteiger partial charge on any atom is 0.0268 e. The molecule has 1 atom stereocenters. The molecule has 0 saturated carbocycles. The van der Waals surface area contributed by atoms with Crippen LogP contribution in [0.1, 0.15) is 40.8 Å². The Morgan fingerprint density at radius 3 is 1.95 bits per heavy atom. The maximum atomic E-state index is 6.13. The van der Waals surface area contributed by atoms with Crippen molar-refractivity contribution in [1.29, 1.82) is 0 Å². The van der Waals surface area contributed by atoms with E-state index in [4.69, 9.17) is 5.73 Å². The van der Waals surface area contributed by atoms with Crippen molar-refractivity contribution in [2.75, 3.05) is 0 Å². The molecule has 2 aromatic rings. The average Bonchev–Trinajstić information content (AvgIpc) is 2.41. The van der Waals surface area contributed by atoms with Gasteiger partial charge in [0.2, 0.25) is 0 Å². The van der Waals surface area contributed by atoms with Crippen molar-refractivity contribution in [1.82, 2.24) is 0 Å². The quantitative estimate of drug-likeness (QED) is 0.823. The highest BCUT2D eigenvalue weighted by Crippen LogP contribution is 2.22. The molecule has 0 fully saturated rings. The molecule has 0 aromatic heterocycles. The first-order valence-corrected chi connectivity index (χ1v) is 7.17. The Morgan fingerprint density at radius 1 is 0.789 bits per heavy atom. The Hall–Kier alpha value is -1.60. The second kappa shape index (κ2) is 5.18. The summed E-state index contributed by atoms with van der Waals surface area (Å²) < 4.78 is 0. The van der Waals surface area contributed by atoms with Gasteiger partial charge in [0.15, 0.2) is 0 Å². The normalized spacial score (nSPS) is 15.9. The van der Waals surface area contributed by atoms with Crippen LogP contribution in [0.4, 0.5) is 0 Å². The van der Waals surface area contributed by atoms with Gasteiger partial charge in [0.1, 0.15) is 0 Å². The third-order valence-corrected chi connectivity index (χ3v) is 4.11. The molecule has 0 spiro atoms. The van der Waals surface area contributed by atoms with Crippen LogP contribution in [0.3, 0.4) is 0 Å². The summed E-state index contributed by atoms with van der Waals surface area (Å²) in [5, 5.41) is 0. The van der Waals surface area contributed by atoms with Crippen LogP contribution in [-0.4, -0.2) is 0 Å². The first-order chi connectivity index (χ1) is 9.22. The first kappa shape index (κ1) is 12.4. The number of hydrogen-bond donors (Lipinski definition) is 1. The Labute approximate surface area is 115 Å². The molecule has 0 heterocycles. The van der Waals surface area contributed by atoms with E-state index in [2.05, 4.69) is 49.4 Å². The molecule has 0 radical (unpaired) electrons. The predicted octanol–water partition coefficient (Wildman–Crippen LogP) is 3.59. The van der Waals surface area contributed by atoms with Crippen LogP contribution in [0.5, 0.6) is 0 Å². The number of rotatable bonds is 1. The van der Waals surface area contributed by atoms with Crippen LogP contribution in [0, 0.1) is 0 Å². The summed E-state index contributed by atoms with van der Waals surface area (Å²) in [4.78, 5) is 0. The van der Waals surface area contributed by atoms with Gasteiger partial charge in [-0.25, -0.2) is 0 Å². The van der Waals surface area contributed by atoms with Crippen molar-refractivity contribution in [2.45, 2.75) is 38.6 Å². The van der Waals surface area contributed by atoms with E-state index in [-0.39, 0.29) is 6.04 Å². The molecule has 0 unspecified atom stereocenters. The summed E-state index contributed by atoms with van der Waals surface area (Å²) in [6, 6.07) is 16.1. The van der Waals surface area contributed by atoms with Crippen LogP contribution in [0.25, 0.3) is 0 Å². The molecule has 19 heavy (non-hydrogen) atoms. The molecule has 0 amide bonds. The van der Waals surface area contributed by atoms with Gasteiger partial charge in [0, 0.05) is 6.04 Å². The maximum absolute atomic E-state index is 6.13. The van der Waals surface area contributed by atoms with Gasteiger partial charge >= 0.3 is 0 Å². The number of aryl methyl sites for hydroxylation is 4. The molecule has 2 N–H and O–H groups in total. The van der Waals surface area contributed by atoms with Gasteiger partial charge in [-0.3, -0.25) is 0 Å². The highest BCUT2D eigenvalue weighted by molar-refractivity contribution is 5.36. The highest BCUT2D eigenvalue weighted by Gasteiger charge is 2.10. The minimum atomic E-state index is 0.124. The third-order valence-electron chi connectivity index (χ3n) is 4.11. The first-order valence-electron chi connectivity index (χ1n) is 7.17. The topological polar surface area (TPSA) is 26.0 Å². The second-order valence-corrected chi connectivity index (χ2v) is 5.64. The van der Waals surface area contributed by atoms with Crippen LogP contribution >= 0.6 is 0 Å². The van der Waals surface area contributed by atoms with Gasteiger partial charge in [0.25, 0.3) is 0 Å². The van der Waals surface area contributed by atoms with Crippen LogP contribution in [0.15, 0.2) is 42.5 Å². The number of hydrogen-bond acceptors (Lipinski definition) is 1. The zero-order valence-corrected chi connectivity index (χ0v) is 11.5. The van der Waals surface area contributed by atoms with E-state index in [1.807, 2.05) is 0 Å². The van der Waals surface area contributed by atoms with E-state index in [0.29, 0.717) is 0 Å². The number of benzene rings is 2. The smallest absolute Gasteiger partial charge is 0.0268 e. The zero-order chi connectivity index (χ0) is 13.2. The fraction of sp³-hybridized carbons (Fsp3) is 0.333. The summed E-state index contributed by atoms with van der Waals surface area (Å²) in [7, 11) is 0. The van der Waals surface area contributed by atoms with Gasteiger partial charge in [-0.05, 0) is 60.4 Å². The lowest BCUT2D eigenvalue weighted by molar-refractivity contribution is 0.785. The monoisotopic (exact) mass is 251 g/mol. The summed E-state index contributed by atoms with van der Waals surface area (Å²) in [6.45, 7) is 2.09. The number of nitrogens with two attached hydrogens (primary N) is 1. The molecule has 0 saturated heterocycles. The standard InChI is InChI=1S/C18H21N/c1-13(19)18-12-16-7-6-14-2-4-15(5-3-14)8-10-17(18)11-9-16/h2-5,9,11-13H,6-8,10,19H2,1H3/t13-/m1/s1. The molecule has 1 heteroatoms. The van der Waals surface area contributed by atoms with E-state index in [1.165, 1.54) is 27.8 Å². The zero-order valence-electron chi connectivity index (χ0n) is 11.5. The minimum Gasteiger partial charge on any atom is -0.324 e. The van der Waals surface area contributed by atoms with E-state index in [1.54, 1.807) is 0 Å². The lowest BCUT2D eigenvalue weighted by Crippen LogP contribution is -2.10. The second-order valence-electron chi connectivity index (χ2n) is 5.64. The molecule has 4 bridgehead atoms. The molecule has 0 aliphatic heterocycles. The summed E-state index contributed by atoms with van der Waals surface area (Å²) in [5.41, 5.74) is 13.1. The molecule has 98 valence electrons. The van der Waals surface area contributed by atoms with Crippen molar-refractivity contribution in [3.8, 4) is 0 Å². The Kier molecular flexibility index (Phi) is 3.39. The molecule has 4 aliphatic rings. The summed E-state index contributed by atoms with van der Waals surface area (Å²) in [5.74, 6) is 0. The lowest BCUT2D eigenvalue weighted by atomic mass is 9.91. The average molecular weight is 251 g/mol. The van der Waals surface area contributed by atoms with Crippen molar-refractivity contribution in [3.05, 3.63) is 70.3 Å².